The number of likely N-dealkylation sites (N-methyl/N-ethyl adjacent to an activating group) is 2. The highest BCUT2D eigenvalue weighted by molar-refractivity contribution is 6.41. The van der Waals surface area contributed by atoms with Gasteiger partial charge in [-0.1, -0.05) is 20.3 Å². The van der Waals surface area contributed by atoms with E-state index in [2.05, 4.69) is 10.6 Å². The minimum absolute atomic E-state index is 0.105. The summed E-state index contributed by atoms with van der Waals surface area (Å²) < 4.78 is 0. The summed E-state index contributed by atoms with van der Waals surface area (Å²) in [7, 11) is 3.42. The molecule has 0 aliphatic heterocycles. The van der Waals surface area contributed by atoms with Gasteiger partial charge in [-0.25, -0.2) is 0 Å². The van der Waals surface area contributed by atoms with Crippen molar-refractivity contribution in [3.8, 4) is 0 Å². The lowest BCUT2D eigenvalue weighted by Crippen LogP contribution is -2.48. The molecule has 0 spiro atoms. The average molecular weight is 257 g/mol. The van der Waals surface area contributed by atoms with Crippen molar-refractivity contribution in [3.05, 3.63) is 0 Å². The van der Waals surface area contributed by atoms with Gasteiger partial charge in [0, 0.05) is 0 Å². The van der Waals surface area contributed by atoms with Gasteiger partial charge in [0.15, 0.2) is 0 Å². The topological polar surface area (TPSA) is 84.2 Å². The zero-order valence-corrected chi connectivity index (χ0v) is 12.0. The molecular formula is C13H27N3O2. The first-order valence-electron chi connectivity index (χ1n) is 6.62. The molecule has 2 atom stereocenters. The van der Waals surface area contributed by atoms with Gasteiger partial charge >= 0.3 is 0 Å². The summed E-state index contributed by atoms with van der Waals surface area (Å²) in [4.78, 5) is 24.2. The van der Waals surface area contributed by atoms with E-state index < -0.39 is 12.1 Å². The molecule has 0 aliphatic rings. The maximum atomic E-state index is 12.1. The molecule has 0 heterocycles. The Balaban J connectivity index is 4.52. The molecule has 18 heavy (non-hydrogen) atoms. The van der Waals surface area contributed by atoms with Crippen molar-refractivity contribution < 1.29 is 9.59 Å². The molecule has 0 fully saturated rings. The number of nitrogens with one attached hydrogen (secondary N) is 2. The van der Waals surface area contributed by atoms with Crippen molar-refractivity contribution >= 4 is 11.6 Å². The quantitative estimate of drug-likeness (QED) is 0.381. The van der Waals surface area contributed by atoms with Crippen molar-refractivity contribution in [1.82, 2.24) is 10.6 Å². The predicted molar refractivity (Wildman–Crippen MR) is 73.5 cm³/mol. The van der Waals surface area contributed by atoms with E-state index in [4.69, 9.17) is 5.73 Å². The molecular weight excluding hydrogens is 230 g/mol. The first-order valence-corrected chi connectivity index (χ1v) is 6.62. The summed E-state index contributed by atoms with van der Waals surface area (Å²) in [5.74, 6) is -0.560. The van der Waals surface area contributed by atoms with Gasteiger partial charge in [0.2, 0.25) is 11.6 Å². The van der Waals surface area contributed by atoms with Crippen molar-refractivity contribution in [2.75, 3.05) is 20.6 Å². The number of carbonyl (C=O) groups is 2. The molecule has 0 saturated heterocycles. The second-order valence-electron chi connectivity index (χ2n) is 4.86. The van der Waals surface area contributed by atoms with E-state index in [1.807, 2.05) is 13.8 Å². The van der Waals surface area contributed by atoms with Gasteiger partial charge in [0.25, 0.3) is 0 Å². The van der Waals surface area contributed by atoms with Gasteiger partial charge < -0.3 is 16.4 Å². The molecule has 0 radical (unpaired) electrons. The molecule has 5 nitrogen and oxygen atoms in total. The predicted octanol–water partition coefficient (Wildman–Crippen LogP) is 0.0856. The Kier molecular flexibility index (Phi) is 8.79. The molecule has 0 amide bonds. The van der Waals surface area contributed by atoms with Crippen LogP contribution >= 0.6 is 0 Å². The zero-order chi connectivity index (χ0) is 14.1. The summed E-state index contributed by atoms with van der Waals surface area (Å²) in [5, 5.41) is 5.83. The smallest absolute Gasteiger partial charge is 0.217 e. The van der Waals surface area contributed by atoms with Gasteiger partial charge in [-0.15, -0.1) is 0 Å². The maximum absolute atomic E-state index is 12.1. The number of ketones is 2. The van der Waals surface area contributed by atoms with Crippen molar-refractivity contribution in [2.45, 2.75) is 45.2 Å². The van der Waals surface area contributed by atoms with Crippen LogP contribution in [-0.4, -0.2) is 44.3 Å². The van der Waals surface area contributed by atoms with Gasteiger partial charge in [-0.3, -0.25) is 9.59 Å². The van der Waals surface area contributed by atoms with Crippen LogP contribution in [0, 0.1) is 5.92 Å². The van der Waals surface area contributed by atoms with Gasteiger partial charge in [-0.05, 0) is 39.4 Å². The number of Topliss-reactive ketones (excluding diaryl/α,β-unsaturated/α-hetero) is 2. The van der Waals surface area contributed by atoms with E-state index >= 15 is 0 Å². The summed E-state index contributed by atoms with van der Waals surface area (Å²) in [6.45, 7) is 4.47. The van der Waals surface area contributed by atoms with Crippen LogP contribution < -0.4 is 16.4 Å². The van der Waals surface area contributed by atoms with Gasteiger partial charge in [0.05, 0.1) is 12.1 Å². The third-order valence-corrected chi connectivity index (χ3v) is 3.11. The Morgan fingerprint density at radius 2 is 1.67 bits per heavy atom. The second-order valence-corrected chi connectivity index (χ2v) is 4.86. The van der Waals surface area contributed by atoms with Crippen LogP contribution in [0.3, 0.4) is 0 Å². The molecule has 0 aromatic heterocycles. The molecule has 5 heteroatoms. The molecule has 0 aromatic carbocycles. The normalized spacial score (nSPS) is 14.6. The minimum Gasteiger partial charge on any atom is -0.330 e. The average Bonchev–Trinajstić information content (AvgIpc) is 2.34. The van der Waals surface area contributed by atoms with Crippen LogP contribution in [0.2, 0.25) is 0 Å². The van der Waals surface area contributed by atoms with Crippen molar-refractivity contribution in [2.24, 2.45) is 11.7 Å². The van der Waals surface area contributed by atoms with Crippen LogP contribution in [0.1, 0.15) is 33.1 Å². The molecule has 106 valence electrons. The minimum atomic E-state index is -0.400. The molecule has 0 aliphatic carbocycles. The Morgan fingerprint density at radius 3 is 2.06 bits per heavy atom. The van der Waals surface area contributed by atoms with Gasteiger partial charge in [0.1, 0.15) is 0 Å². The lowest BCUT2D eigenvalue weighted by molar-refractivity contribution is -0.139. The van der Waals surface area contributed by atoms with E-state index in [0.29, 0.717) is 13.0 Å². The van der Waals surface area contributed by atoms with E-state index in [0.717, 1.165) is 12.8 Å². The maximum Gasteiger partial charge on any atom is 0.217 e. The molecule has 0 saturated carbocycles. The zero-order valence-electron chi connectivity index (χ0n) is 12.0. The Labute approximate surface area is 110 Å². The van der Waals surface area contributed by atoms with Crippen LogP contribution in [0.4, 0.5) is 0 Å². The summed E-state index contributed by atoms with van der Waals surface area (Å²) >= 11 is 0. The van der Waals surface area contributed by atoms with Crippen LogP contribution in [0.15, 0.2) is 0 Å². The summed E-state index contributed by atoms with van der Waals surface area (Å²) in [6.07, 6.45) is 2.39. The number of carbonyl (C=O) groups excluding carboxylic acids is 2. The Morgan fingerprint density at radius 1 is 1.06 bits per heavy atom. The molecule has 0 bridgehead atoms. The number of hydrogen-bond acceptors (Lipinski definition) is 5. The lowest BCUT2D eigenvalue weighted by atomic mass is 9.93. The number of unbranched alkanes of at least 4 members (excludes halogenated alkanes) is 1. The monoisotopic (exact) mass is 257 g/mol. The number of hydrogen-bond donors (Lipinski definition) is 3. The van der Waals surface area contributed by atoms with Crippen molar-refractivity contribution in [3.63, 3.8) is 0 Å². The number of rotatable bonds is 10. The SMILES string of the molecule is CN[C@@H](CCCCN)C(=O)C(=O)[C@@H](NC)C(C)C. The van der Waals surface area contributed by atoms with Crippen molar-refractivity contribution in [1.29, 1.82) is 0 Å². The lowest BCUT2D eigenvalue weighted by Gasteiger charge is -2.21. The highest BCUT2D eigenvalue weighted by Gasteiger charge is 2.30. The van der Waals surface area contributed by atoms with E-state index in [1.54, 1.807) is 14.1 Å². The van der Waals surface area contributed by atoms with Crippen LogP contribution in [0.25, 0.3) is 0 Å². The van der Waals surface area contributed by atoms with Crippen LogP contribution in [-0.2, 0) is 9.59 Å². The molecule has 0 unspecified atom stereocenters. The molecule has 0 aromatic rings. The Hall–Kier alpha value is -0.780. The van der Waals surface area contributed by atoms with Gasteiger partial charge in [-0.2, -0.15) is 0 Å². The third-order valence-electron chi connectivity index (χ3n) is 3.11. The summed E-state index contributed by atoms with van der Waals surface area (Å²) in [5.41, 5.74) is 5.42. The fourth-order valence-electron chi connectivity index (χ4n) is 1.99. The first kappa shape index (κ1) is 17.2. The first-order chi connectivity index (χ1) is 8.49. The van der Waals surface area contributed by atoms with E-state index in [-0.39, 0.29) is 17.5 Å². The largest absolute Gasteiger partial charge is 0.330 e. The highest BCUT2D eigenvalue weighted by Crippen LogP contribution is 2.08. The third kappa shape index (κ3) is 5.25. The summed E-state index contributed by atoms with van der Waals surface area (Å²) in [6, 6.07) is -0.790. The fourth-order valence-corrected chi connectivity index (χ4v) is 1.99. The van der Waals surface area contributed by atoms with E-state index in [1.165, 1.54) is 0 Å². The standard InChI is InChI=1S/C13H27N3O2/c1-9(2)11(16-4)13(18)12(17)10(15-3)7-5-6-8-14/h9-11,15-16H,5-8,14H2,1-4H3/t10-,11-/m0/s1. The second kappa shape index (κ2) is 9.19. The molecule has 4 N–H and O–H groups in total. The fraction of sp³-hybridized carbons (Fsp3) is 0.846. The number of nitrogens with two attached hydrogens (primary N) is 1. The Bertz CT molecular complexity index is 267. The van der Waals surface area contributed by atoms with E-state index in [9.17, 15) is 9.59 Å². The molecule has 0 rings (SSSR count). The van der Waals surface area contributed by atoms with Crippen LogP contribution in [0.5, 0.6) is 0 Å². The highest BCUT2D eigenvalue weighted by atomic mass is 16.2.